The highest BCUT2D eigenvalue weighted by Crippen LogP contribution is 2.19. The number of nitrogens with zero attached hydrogens (tertiary/aromatic N) is 2. The van der Waals surface area contributed by atoms with Gasteiger partial charge in [0.1, 0.15) is 6.04 Å². The first-order chi connectivity index (χ1) is 14.6. The number of benzene rings is 2. The number of hydrogen-bond donors (Lipinski definition) is 1. The van der Waals surface area contributed by atoms with Gasteiger partial charge in [-0.15, -0.1) is 0 Å². The molecule has 10 heteroatoms. The standard InChI is InChI=1S/C21H25Cl2N3O4S/c1-4-24-21(28)15(2)26(13-16-5-7-17(22)8-6-16)20(27)14-25(3)31(29,30)19-11-9-18(23)10-12-19/h5-12,15H,4,13-14H2,1-3H3,(H,24,28)/t15-/m1/s1. The molecule has 0 fully saturated rings. The zero-order valence-electron chi connectivity index (χ0n) is 17.5. The van der Waals surface area contributed by atoms with Gasteiger partial charge in [0.15, 0.2) is 0 Å². The van der Waals surface area contributed by atoms with Crippen LogP contribution < -0.4 is 5.32 Å². The number of sulfonamides is 1. The molecular formula is C21H25Cl2N3O4S. The molecule has 0 radical (unpaired) electrons. The van der Waals surface area contributed by atoms with Crippen LogP contribution in [0.25, 0.3) is 0 Å². The minimum absolute atomic E-state index is 0.0215. The van der Waals surface area contributed by atoms with E-state index in [1.54, 1.807) is 38.1 Å². The molecule has 31 heavy (non-hydrogen) atoms. The Hall–Kier alpha value is -2.13. The zero-order valence-corrected chi connectivity index (χ0v) is 19.8. The molecular weight excluding hydrogens is 461 g/mol. The Balaban J connectivity index is 2.25. The summed E-state index contributed by atoms with van der Waals surface area (Å²) in [6, 6.07) is 11.8. The first-order valence-electron chi connectivity index (χ1n) is 9.59. The fourth-order valence-electron chi connectivity index (χ4n) is 2.84. The highest BCUT2D eigenvalue weighted by molar-refractivity contribution is 7.89. The quantitative estimate of drug-likeness (QED) is 0.590. The van der Waals surface area contributed by atoms with Crippen LogP contribution in [0.1, 0.15) is 19.4 Å². The van der Waals surface area contributed by atoms with Crippen molar-refractivity contribution in [3.63, 3.8) is 0 Å². The normalized spacial score (nSPS) is 12.5. The van der Waals surface area contributed by atoms with E-state index in [2.05, 4.69) is 5.32 Å². The highest BCUT2D eigenvalue weighted by atomic mass is 35.5. The Bertz CT molecular complexity index is 1010. The van der Waals surface area contributed by atoms with E-state index in [0.29, 0.717) is 16.6 Å². The molecule has 2 aromatic rings. The molecule has 7 nitrogen and oxygen atoms in total. The summed E-state index contributed by atoms with van der Waals surface area (Å²) < 4.78 is 26.6. The van der Waals surface area contributed by atoms with Crippen LogP contribution in [0, 0.1) is 0 Å². The molecule has 0 spiro atoms. The summed E-state index contributed by atoms with van der Waals surface area (Å²) in [4.78, 5) is 26.9. The predicted molar refractivity (Wildman–Crippen MR) is 121 cm³/mol. The summed E-state index contributed by atoms with van der Waals surface area (Å²) in [7, 11) is -2.59. The predicted octanol–water partition coefficient (Wildman–Crippen LogP) is 3.17. The number of rotatable bonds is 9. The lowest BCUT2D eigenvalue weighted by Crippen LogP contribution is -2.50. The maximum absolute atomic E-state index is 13.1. The van der Waals surface area contributed by atoms with Gasteiger partial charge >= 0.3 is 0 Å². The van der Waals surface area contributed by atoms with Gasteiger partial charge in [-0.25, -0.2) is 8.42 Å². The summed E-state index contributed by atoms with van der Waals surface area (Å²) in [6.45, 7) is 3.50. The van der Waals surface area contributed by atoms with Gasteiger partial charge in [-0.05, 0) is 55.8 Å². The van der Waals surface area contributed by atoms with Gasteiger partial charge in [0.05, 0.1) is 11.4 Å². The van der Waals surface area contributed by atoms with E-state index >= 15 is 0 Å². The summed E-state index contributed by atoms with van der Waals surface area (Å²) in [5, 5.41) is 3.65. The molecule has 168 valence electrons. The highest BCUT2D eigenvalue weighted by Gasteiger charge is 2.30. The Kier molecular flexibility index (Phi) is 8.88. The van der Waals surface area contributed by atoms with Crippen LogP contribution in [-0.2, 0) is 26.2 Å². The van der Waals surface area contributed by atoms with Gasteiger partial charge in [-0.3, -0.25) is 9.59 Å². The van der Waals surface area contributed by atoms with E-state index in [1.807, 2.05) is 0 Å². The summed E-state index contributed by atoms with van der Waals surface area (Å²) >= 11 is 11.8. The number of hydrogen-bond acceptors (Lipinski definition) is 4. The van der Waals surface area contributed by atoms with Crippen LogP contribution in [0.3, 0.4) is 0 Å². The lowest BCUT2D eigenvalue weighted by Gasteiger charge is -2.30. The third kappa shape index (κ3) is 6.67. The summed E-state index contributed by atoms with van der Waals surface area (Å²) in [5.41, 5.74) is 0.761. The molecule has 0 unspecified atom stereocenters. The van der Waals surface area contributed by atoms with E-state index in [9.17, 15) is 18.0 Å². The van der Waals surface area contributed by atoms with Crippen molar-refractivity contribution in [2.45, 2.75) is 31.3 Å². The second-order valence-electron chi connectivity index (χ2n) is 6.93. The smallest absolute Gasteiger partial charge is 0.243 e. The van der Waals surface area contributed by atoms with Gasteiger partial charge in [-0.1, -0.05) is 35.3 Å². The average Bonchev–Trinajstić information content (AvgIpc) is 2.73. The zero-order chi connectivity index (χ0) is 23.2. The van der Waals surface area contributed by atoms with Gasteiger partial charge in [0.25, 0.3) is 0 Å². The summed E-state index contributed by atoms with van der Waals surface area (Å²) in [6.07, 6.45) is 0. The van der Waals surface area contributed by atoms with Crippen LogP contribution in [0.2, 0.25) is 10.0 Å². The van der Waals surface area contributed by atoms with Crippen LogP contribution in [-0.4, -0.2) is 55.6 Å². The number of nitrogens with one attached hydrogen (secondary N) is 1. The van der Waals surface area contributed by atoms with Crippen LogP contribution in [0.15, 0.2) is 53.4 Å². The number of carbonyl (C=O) groups excluding carboxylic acids is 2. The monoisotopic (exact) mass is 485 g/mol. The van der Waals surface area contributed by atoms with Crippen LogP contribution in [0.4, 0.5) is 0 Å². The van der Waals surface area contributed by atoms with Crippen LogP contribution in [0.5, 0.6) is 0 Å². The fraction of sp³-hybridized carbons (Fsp3) is 0.333. The van der Waals surface area contributed by atoms with E-state index < -0.39 is 28.5 Å². The first kappa shape index (κ1) is 25.1. The third-order valence-corrected chi connectivity index (χ3v) is 6.99. The summed E-state index contributed by atoms with van der Waals surface area (Å²) in [5.74, 6) is -0.832. The van der Waals surface area contributed by atoms with Crippen molar-refractivity contribution in [1.82, 2.24) is 14.5 Å². The molecule has 1 atom stereocenters. The van der Waals surface area contributed by atoms with Crippen molar-refractivity contribution in [3.05, 3.63) is 64.1 Å². The van der Waals surface area contributed by atoms with Gasteiger partial charge in [0, 0.05) is 30.2 Å². The van der Waals surface area contributed by atoms with Crippen molar-refractivity contribution in [2.24, 2.45) is 0 Å². The molecule has 2 amide bonds. The molecule has 0 aliphatic carbocycles. The van der Waals surface area contributed by atoms with Gasteiger partial charge in [0.2, 0.25) is 21.8 Å². The lowest BCUT2D eigenvalue weighted by molar-refractivity contribution is -0.140. The molecule has 0 bridgehead atoms. The molecule has 2 aromatic carbocycles. The van der Waals surface area contributed by atoms with Crippen molar-refractivity contribution >= 4 is 45.0 Å². The lowest BCUT2D eigenvalue weighted by atomic mass is 10.1. The number of likely N-dealkylation sites (N-methyl/N-ethyl adjacent to an activating group) is 2. The second-order valence-corrected chi connectivity index (χ2v) is 9.85. The second kappa shape index (κ2) is 10.9. The molecule has 0 aliphatic rings. The minimum Gasteiger partial charge on any atom is -0.355 e. The molecule has 0 saturated heterocycles. The third-order valence-electron chi connectivity index (χ3n) is 4.66. The molecule has 1 N–H and O–H groups in total. The first-order valence-corrected chi connectivity index (χ1v) is 11.8. The van der Waals surface area contributed by atoms with Crippen molar-refractivity contribution in [1.29, 1.82) is 0 Å². The van der Waals surface area contributed by atoms with Crippen LogP contribution >= 0.6 is 23.2 Å². The van der Waals surface area contributed by atoms with Crippen molar-refractivity contribution in [2.75, 3.05) is 20.1 Å². The Morgan fingerprint density at radius 3 is 2.03 bits per heavy atom. The fourth-order valence-corrected chi connectivity index (χ4v) is 4.22. The Morgan fingerprint density at radius 2 is 1.52 bits per heavy atom. The maximum Gasteiger partial charge on any atom is 0.243 e. The van der Waals surface area contributed by atoms with Gasteiger partial charge in [-0.2, -0.15) is 4.31 Å². The van der Waals surface area contributed by atoms with E-state index in [1.165, 1.54) is 36.2 Å². The number of amides is 2. The molecule has 0 heterocycles. The molecule has 0 aliphatic heterocycles. The minimum atomic E-state index is -3.91. The Labute approximate surface area is 193 Å². The molecule has 2 rings (SSSR count). The molecule has 0 aromatic heterocycles. The van der Waals surface area contributed by atoms with E-state index in [0.717, 1.165) is 9.87 Å². The number of carbonyl (C=O) groups is 2. The van der Waals surface area contributed by atoms with Crippen molar-refractivity contribution in [3.8, 4) is 0 Å². The van der Waals surface area contributed by atoms with E-state index in [-0.39, 0.29) is 17.3 Å². The largest absolute Gasteiger partial charge is 0.355 e. The average molecular weight is 486 g/mol. The SMILES string of the molecule is CCNC(=O)[C@@H](C)N(Cc1ccc(Cl)cc1)C(=O)CN(C)S(=O)(=O)c1ccc(Cl)cc1. The topological polar surface area (TPSA) is 86.8 Å². The maximum atomic E-state index is 13.1. The Morgan fingerprint density at radius 1 is 1.00 bits per heavy atom. The van der Waals surface area contributed by atoms with Gasteiger partial charge < -0.3 is 10.2 Å². The molecule has 0 saturated carbocycles. The van der Waals surface area contributed by atoms with Crippen molar-refractivity contribution < 1.29 is 18.0 Å². The number of halogens is 2. The van der Waals surface area contributed by atoms with E-state index in [4.69, 9.17) is 23.2 Å².